The van der Waals surface area contributed by atoms with Crippen molar-refractivity contribution in [1.29, 1.82) is 0 Å². The molecule has 2 aromatic heterocycles. The third kappa shape index (κ3) is 2.48. The van der Waals surface area contributed by atoms with Gasteiger partial charge >= 0.3 is 0 Å². The van der Waals surface area contributed by atoms with Crippen LogP contribution in [-0.2, 0) is 15.0 Å². The van der Waals surface area contributed by atoms with Gasteiger partial charge in [0.05, 0.1) is 36.9 Å². The quantitative estimate of drug-likeness (QED) is 0.795. The van der Waals surface area contributed by atoms with Gasteiger partial charge in [0.1, 0.15) is 17.7 Å². The zero-order valence-electron chi connectivity index (χ0n) is 13.9. The Morgan fingerprint density at radius 3 is 2.83 bits per heavy atom. The molecule has 1 atom stereocenters. The van der Waals surface area contributed by atoms with Gasteiger partial charge in [0.15, 0.2) is 5.65 Å². The first-order chi connectivity index (χ1) is 11.0. The summed E-state index contributed by atoms with van der Waals surface area (Å²) in [6.07, 6.45) is 4.46. The highest BCUT2D eigenvalue weighted by Gasteiger charge is 2.41. The molecule has 7 nitrogen and oxygen atoms in total. The molecule has 2 saturated heterocycles. The van der Waals surface area contributed by atoms with Crippen molar-refractivity contribution in [2.45, 2.75) is 38.3 Å². The van der Waals surface area contributed by atoms with Crippen LogP contribution in [0.1, 0.15) is 27.2 Å². The third-order valence-electron chi connectivity index (χ3n) is 4.60. The molecule has 0 bridgehead atoms. The maximum atomic E-state index is 6.02. The van der Waals surface area contributed by atoms with Crippen LogP contribution in [0.15, 0.2) is 12.5 Å². The van der Waals surface area contributed by atoms with Gasteiger partial charge in [0.25, 0.3) is 0 Å². The van der Waals surface area contributed by atoms with Gasteiger partial charge in [0.2, 0.25) is 0 Å². The second kappa shape index (κ2) is 5.14. The van der Waals surface area contributed by atoms with Crippen LogP contribution < -0.4 is 4.90 Å². The van der Waals surface area contributed by atoms with Crippen molar-refractivity contribution in [2.75, 3.05) is 37.8 Å². The number of aromatic nitrogens is 4. The van der Waals surface area contributed by atoms with Gasteiger partial charge in [-0.15, -0.1) is 0 Å². The Labute approximate surface area is 135 Å². The number of rotatable bonds is 1. The first-order valence-corrected chi connectivity index (χ1v) is 8.14. The Morgan fingerprint density at radius 2 is 2.09 bits per heavy atom. The number of morpholine rings is 1. The minimum Gasteiger partial charge on any atom is -0.378 e. The molecule has 2 aromatic rings. The van der Waals surface area contributed by atoms with E-state index in [1.165, 1.54) is 0 Å². The number of hydrogen-bond donors (Lipinski definition) is 0. The molecule has 4 heterocycles. The zero-order chi connectivity index (χ0) is 16.1. The van der Waals surface area contributed by atoms with Gasteiger partial charge in [-0.3, -0.25) is 0 Å². The van der Waals surface area contributed by atoms with E-state index < -0.39 is 0 Å². The van der Waals surface area contributed by atoms with Crippen molar-refractivity contribution in [2.24, 2.45) is 0 Å². The molecule has 124 valence electrons. The van der Waals surface area contributed by atoms with Gasteiger partial charge in [-0.1, -0.05) is 0 Å². The van der Waals surface area contributed by atoms with E-state index in [9.17, 15) is 0 Å². The van der Waals surface area contributed by atoms with Crippen LogP contribution in [0.25, 0.3) is 11.0 Å². The predicted octanol–water partition coefficient (Wildman–Crippen LogP) is 1.58. The van der Waals surface area contributed by atoms with Crippen molar-refractivity contribution in [3.8, 4) is 0 Å². The van der Waals surface area contributed by atoms with Crippen molar-refractivity contribution >= 4 is 16.9 Å². The largest absolute Gasteiger partial charge is 0.378 e. The molecule has 2 fully saturated rings. The van der Waals surface area contributed by atoms with Gasteiger partial charge in [-0.25, -0.2) is 14.6 Å². The first kappa shape index (κ1) is 14.8. The van der Waals surface area contributed by atoms with Gasteiger partial charge in [-0.05, 0) is 20.8 Å². The number of hydrogen-bond acceptors (Lipinski definition) is 6. The first-order valence-electron chi connectivity index (χ1n) is 8.14. The molecule has 23 heavy (non-hydrogen) atoms. The second-order valence-electron chi connectivity index (χ2n) is 7.42. The lowest BCUT2D eigenvalue weighted by molar-refractivity contribution is -0.0580. The summed E-state index contributed by atoms with van der Waals surface area (Å²) in [5, 5.41) is 5.54. The maximum absolute atomic E-state index is 6.02. The van der Waals surface area contributed by atoms with E-state index in [1.807, 2.05) is 10.9 Å². The Bertz CT molecular complexity index is 715. The molecule has 2 aliphatic heterocycles. The summed E-state index contributed by atoms with van der Waals surface area (Å²) in [4.78, 5) is 11.3. The monoisotopic (exact) mass is 317 g/mol. The van der Waals surface area contributed by atoms with Crippen LogP contribution in [0.4, 0.5) is 5.82 Å². The van der Waals surface area contributed by atoms with Crippen molar-refractivity contribution in [3.63, 3.8) is 0 Å². The predicted molar refractivity (Wildman–Crippen MR) is 86.7 cm³/mol. The van der Waals surface area contributed by atoms with E-state index in [0.29, 0.717) is 13.2 Å². The molecule has 1 unspecified atom stereocenters. The summed E-state index contributed by atoms with van der Waals surface area (Å²) in [6.45, 7) is 10.1. The number of anilines is 1. The molecule has 0 radical (unpaired) electrons. The van der Waals surface area contributed by atoms with Crippen molar-refractivity contribution in [1.82, 2.24) is 19.7 Å². The lowest BCUT2D eigenvalue weighted by atomic mass is 10.0. The lowest BCUT2D eigenvalue weighted by Gasteiger charge is -2.40. The van der Waals surface area contributed by atoms with E-state index >= 15 is 0 Å². The van der Waals surface area contributed by atoms with E-state index in [2.05, 4.69) is 40.7 Å². The molecule has 0 N–H and O–H groups in total. The fraction of sp³-hybridized carbons (Fsp3) is 0.688. The summed E-state index contributed by atoms with van der Waals surface area (Å²) < 4.78 is 13.5. The van der Waals surface area contributed by atoms with Gasteiger partial charge in [0, 0.05) is 19.6 Å². The van der Waals surface area contributed by atoms with Gasteiger partial charge < -0.3 is 14.4 Å². The summed E-state index contributed by atoms with van der Waals surface area (Å²) in [7, 11) is 0. The Morgan fingerprint density at radius 1 is 1.22 bits per heavy atom. The van der Waals surface area contributed by atoms with Crippen LogP contribution in [-0.4, -0.2) is 58.3 Å². The molecular formula is C16H23N5O2. The summed E-state index contributed by atoms with van der Waals surface area (Å²) in [5.74, 6) is 0.945. The Hall–Kier alpha value is -1.73. The third-order valence-corrected chi connectivity index (χ3v) is 4.60. The van der Waals surface area contributed by atoms with Crippen molar-refractivity contribution < 1.29 is 9.47 Å². The van der Waals surface area contributed by atoms with Crippen LogP contribution in [0.2, 0.25) is 0 Å². The summed E-state index contributed by atoms with van der Waals surface area (Å²) in [6, 6.07) is 0. The molecule has 0 saturated carbocycles. The minimum absolute atomic E-state index is 0.112. The van der Waals surface area contributed by atoms with Crippen molar-refractivity contribution in [3.05, 3.63) is 12.5 Å². The smallest absolute Gasteiger partial charge is 0.163 e. The molecule has 0 aromatic carbocycles. The van der Waals surface area contributed by atoms with E-state index in [1.54, 1.807) is 6.33 Å². The average Bonchev–Trinajstić information content (AvgIpc) is 3.13. The zero-order valence-corrected chi connectivity index (χ0v) is 13.9. The highest BCUT2D eigenvalue weighted by Crippen LogP contribution is 2.32. The number of nitrogens with zero attached hydrogens (tertiary/aromatic N) is 5. The van der Waals surface area contributed by atoms with E-state index in [4.69, 9.17) is 9.47 Å². The Kier molecular flexibility index (Phi) is 3.32. The average molecular weight is 317 g/mol. The van der Waals surface area contributed by atoms with Crippen LogP contribution >= 0.6 is 0 Å². The lowest BCUT2D eigenvalue weighted by Crippen LogP contribution is -2.52. The molecule has 4 rings (SSSR count). The molecular weight excluding hydrogens is 294 g/mol. The number of fused-ring (bicyclic) bond motifs is 1. The fourth-order valence-electron chi connectivity index (χ4n) is 3.43. The minimum atomic E-state index is -0.185. The molecule has 0 aliphatic carbocycles. The van der Waals surface area contributed by atoms with Crippen LogP contribution in [0.3, 0.4) is 0 Å². The molecule has 0 amide bonds. The topological polar surface area (TPSA) is 65.3 Å². The standard InChI is InChI=1S/C16H23N5O2/c1-15(2,3)21-14-12(8-19-21)13(17-11-18-14)20-5-7-23-16(9-20)4-6-22-10-16/h8,11H,4-7,9-10H2,1-3H3. The second-order valence-corrected chi connectivity index (χ2v) is 7.42. The van der Waals surface area contributed by atoms with Gasteiger partial charge in [-0.2, -0.15) is 5.10 Å². The highest BCUT2D eigenvalue weighted by molar-refractivity contribution is 5.86. The van der Waals surface area contributed by atoms with E-state index in [-0.39, 0.29) is 11.1 Å². The molecule has 7 heteroatoms. The highest BCUT2D eigenvalue weighted by atomic mass is 16.6. The van der Waals surface area contributed by atoms with Crippen LogP contribution in [0.5, 0.6) is 0 Å². The van der Waals surface area contributed by atoms with E-state index in [0.717, 1.165) is 43.0 Å². The van der Waals surface area contributed by atoms with Crippen LogP contribution in [0, 0.1) is 0 Å². The Balaban J connectivity index is 1.73. The normalized spacial score (nSPS) is 25.6. The summed E-state index contributed by atoms with van der Waals surface area (Å²) in [5.41, 5.74) is 0.583. The maximum Gasteiger partial charge on any atom is 0.163 e. The molecule has 1 spiro atoms. The summed E-state index contributed by atoms with van der Waals surface area (Å²) >= 11 is 0. The SMILES string of the molecule is CC(C)(C)n1ncc2c(N3CCOC4(CCOC4)C3)ncnc21. The molecule has 2 aliphatic rings. The fourth-order valence-corrected chi connectivity index (χ4v) is 3.43. The number of ether oxygens (including phenoxy) is 2.